The van der Waals surface area contributed by atoms with Crippen molar-refractivity contribution < 1.29 is 52.5 Å². The van der Waals surface area contributed by atoms with Crippen molar-refractivity contribution in [2.45, 2.75) is 152 Å². The molecule has 6 aromatic carbocycles. The highest BCUT2D eigenvalue weighted by atomic mass is 28.3. The van der Waals surface area contributed by atoms with Crippen molar-refractivity contribution >= 4 is 55.9 Å². The summed E-state index contributed by atoms with van der Waals surface area (Å²) in [7, 11) is -2.32. The number of aliphatic hydroxyl groups is 1. The minimum atomic E-state index is -1.21. The predicted octanol–water partition coefficient (Wildman–Crippen LogP) is 20.3. The van der Waals surface area contributed by atoms with E-state index in [2.05, 4.69) is 117 Å². The molecule has 0 saturated heterocycles. The van der Waals surface area contributed by atoms with Gasteiger partial charge in [-0.2, -0.15) is 20.4 Å². The van der Waals surface area contributed by atoms with Crippen LogP contribution in [0.25, 0.3) is 96.3 Å². The lowest BCUT2D eigenvalue weighted by Gasteiger charge is -2.17. The van der Waals surface area contributed by atoms with Gasteiger partial charge >= 0.3 is 0 Å². The van der Waals surface area contributed by atoms with Crippen LogP contribution in [-0.4, -0.2) is 124 Å². The summed E-state index contributed by atoms with van der Waals surface area (Å²) in [6.45, 7) is 30.1. The number of carbonyl (C=O) groups excluding carboxylic acids is 1. The average Bonchev–Trinajstić information content (AvgIpc) is 1.61. The van der Waals surface area contributed by atoms with Crippen LogP contribution in [0.1, 0.15) is 98.9 Å². The van der Waals surface area contributed by atoms with Crippen molar-refractivity contribution in [3.63, 3.8) is 0 Å². The maximum atomic E-state index is 13.5. The number of aldehydes is 1. The molecule has 710 valence electrons. The van der Waals surface area contributed by atoms with Gasteiger partial charge in [-0.15, -0.1) is 0 Å². The molecule has 7 N–H and O–H groups in total. The smallest absolute Gasteiger partial charge is 0.247 e. The van der Waals surface area contributed by atoms with Gasteiger partial charge in [-0.05, 0) is 226 Å². The van der Waals surface area contributed by atoms with Gasteiger partial charge in [-0.25, -0.2) is 38.5 Å². The van der Waals surface area contributed by atoms with Crippen molar-refractivity contribution in [3.05, 3.63) is 351 Å². The Morgan fingerprint density at radius 2 is 1.01 bits per heavy atom. The number of aromatic hydroxyl groups is 2. The maximum Gasteiger partial charge on any atom is 0.247 e. The summed E-state index contributed by atoms with van der Waals surface area (Å²) >= 11 is 0. The Hall–Kier alpha value is -16.0. The molecule has 0 atom stereocenters. The van der Waals surface area contributed by atoms with E-state index in [1.54, 1.807) is 36.7 Å². The fourth-order valence-electron chi connectivity index (χ4n) is 15.8. The van der Waals surface area contributed by atoms with Crippen LogP contribution in [0.15, 0.2) is 286 Å². The zero-order valence-corrected chi connectivity index (χ0v) is 82.1. The first kappa shape index (κ1) is 96.1. The van der Waals surface area contributed by atoms with Gasteiger partial charge in [0.2, 0.25) is 17.3 Å². The van der Waals surface area contributed by atoms with Crippen LogP contribution < -0.4 is 35.8 Å². The summed E-state index contributed by atoms with van der Waals surface area (Å²) in [5.74, 6) is 7.31. The number of anilines is 2. The molecule has 13 heterocycles. The predicted molar refractivity (Wildman–Crippen MR) is 544 cm³/mol. The minimum absolute atomic E-state index is 0.0581. The Morgan fingerprint density at radius 3 is 1.50 bits per heavy atom. The van der Waals surface area contributed by atoms with Crippen LogP contribution in [0.3, 0.4) is 0 Å². The normalized spacial score (nSPS) is 11.5. The average molecular weight is 1900 g/mol. The SMILES string of the molecule is CCc1cc(-c2ccc(C)o2)n(-c2ccc(NCc3ccc(OCC[Si](C)(C)C)nc3)c(N)c2)n1.CCc1cc(-c2ccc(C)o2)n(-c2ccc3c(c2)nc(-c2cc(C[n+]4ccccc4)ccc2[O-])n3Cc2ccc(OCC[Si](C)(C)C)nc2)n1.CCc1cc(-c2ccc(C)o2)n(-c2ccc3c(c2)nc(-c2cc(Cn4cccn4)ccc2O)n3Cc2ccc(=O)[nH]c2)n1.O=Cc1cc(CO)ccc1O. The van der Waals surface area contributed by atoms with Crippen molar-refractivity contribution in [1.82, 2.24) is 73.2 Å². The highest BCUT2D eigenvalue weighted by Crippen LogP contribution is 2.39. The molecule has 0 amide bonds. The molecule has 29 nitrogen and oxygen atoms in total. The number of nitrogens with one attached hydrogen (secondary N) is 2. The highest BCUT2D eigenvalue weighted by Gasteiger charge is 2.25. The lowest BCUT2D eigenvalue weighted by atomic mass is 10.1. The van der Waals surface area contributed by atoms with E-state index in [0.29, 0.717) is 91.4 Å². The van der Waals surface area contributed by atoms with E-state index >= 15 is 0 Å². The number of hydrogen-bond donors (Lipinski definition) is 6. The largest absolute Gasteiger partial charge is 0.872 e. The number of aromatic nitrogens is 16. The minimum Gasteiger partial charge on any atom is -0.872 e. The first-order valence-electron chi connectivity index (χ1n) is 46.5. The van der Waals surface area contributed by atoms with E-state index < -0.39 is 16.1 Å². The number of pyridine rings is 4. The second-order valence-electron chi connectivity index (χ2n) is 36.6. The Bertz CT molecular complexity index is 7500. The zero-order chi connectivity index (χ0) is 97.6. The standard InChI is InChI=1S/C40H42N6O3Si.C33H29N7O3.C27H35N5O2Si.C8H8O3/c1-6-31-23-36(38-16-10-28(2)49-38)46(43-31)32-13-14-35-34(24-32)42-40(33-22-29(11-15-37(33)47)26-44-18-8-7-9-19-44)45(35)27-30-12-17-39(41-25-30)48-20-21-50(3,4)5;1-3-24-16-29(31-11-5-21(2)43-31)40(37-24)25-8-9-28-27(17-25)36-33(39(28)20-23-7-12-32(42)34-18-23)26-15-22(6-10-30(26)41)19-38-14-4-13-35-38;1-6-21-15-25(26-11-7-19(2)34-26)32(31-21)22-9-10-24(23(28)16-22)29-17-20-8-12-27(30-18-20)33-13-14-35(3,4)5;9-4-6-1-2-8(11)7(3-6)5-10/h7-19,22-25H,6,20-21,26-27H2,1-5H3;4-18,41H,3,19-20H2,1-2H3,(H,34,42);7-12,15-16,18,29H,6,13-14,17,28H2,1-5H3;1-3,5,9,11H,4H2. The number of rotatable bonds is 32. The number of furan rings is 3. The first-order valence-corrected chi connectivity index (χ1v) is 53.9. The zero-order valence-electron chi connectivity index (χ0n) is 80.1. The van der Waals surface area contributed by atoms with E-state index in [4.69, 9.17) is 63.9 Å². The fraction of sp³-hybridized carbons (Fsp3) is 0.231. The number of fused-ring (bicyclic) bond motifs is 2. The van der Waals surface area contributed by atoms with Crippen LogP contribution in [-0.2, 0) is 58.6 Å². The van der Waals surface area contributed by atoms with Crippen LogP contribution >= 0.6 is 0 Å². The number of hydrogen-bond acceptors (Lipinski definition) is 21. The number of ether oxygens (including phenoxy) is 2. The lowest BCUT2D eigenvalue weighted by Crippen LogP contribution is -2.32. The Labute approximate surface area is 807 Å². The molecule has 0 aliphatic carbocycles. The van der Waals surface area contributed by atoms with E-state index in [9.17, 15) is 19.8 Å². The fourth-order valence-corrected chi connectivity index (χ4v) is 17.2. The molecule has 19 aromatic rings. The molecule has 0 unspecified atom stereocenters. The van der Waals surface area contributed by atoms with Crippen molar-refractivity contribution in [2.75, 3.05) is 24.3 Å². The number of H-pyrrole nitrogens is 1. The molecule has 13 aromatic heterocycles. The van der Waals surface area contributed by atoms with E-state index in [-0.39, 0.29) is 35.0 Å². The van der Waals surface area contributed by atoms with Gasteiger partial charge < -0.3 is 68.3 Å². The topological polar surface area (TPSA) is 366 Å². The van der Waals surface area contributed by atoms with Gasteiger partial charge in [0.1, 0.15) is 57.5 Å². The number of aryl methyl sites for hydroxylation is 6. The number of imidazole rings is 2. The van der Waals surface area contributed by atoms with Crippen LogP contribution in [0.5, 0.6) is 29.0 Å². The second kappa shape index (κ2) is 42.9. The third kappa shape index (κ3) is 23.9. The number of carbonyl (C=O) groups is 1. The molecule has 0 aliphatic rings. The summed E-state index contributed by atoms with van der Waals surface area (Å²) in [6.07, 6.45) is 16.0. The molecule has 0 saturated carbocycles. The molecule has 31 heteroatoms. The third-order valence-electron chi connectivity index (χ3n) is 23.4. The van der Waals surface area contributed by atoms with Crippen LogP contribution in [0.2, 0.25) is 51.4 Å². The number of phenols is 2. The molecule has 19 rings (SSSR count). The van der Waals surface area contributed by atoms with E-state index in [1.165, 1.54) is 18.2 Å². The summed E-state index contributed by atoms with van der Waals surface area (Å²) in [6, 6.07) is 72.7. The van der Waals surface area contributed by atoms with Gasteiger partial charge in [-0.3, -0.25) is 14.3 Å². The Morgan fingerprint density at radius 1 is 0.518 bits per heavy atom. The Kier molecular flexibility index (Phi) is 29.7. The van der Waals surface area contributed by atoms with Crippen LogP contribution in [0, 0.1) is 20.8 Å². The molecule has 0 fully saturated rings. The highest BCUT2D eigenvalue weighted by molar-refractivity contribution is 6.76. The van der Waals surface area contributed by atoms with Gasteiger partial charge in [0.25, 0.3) is 0 Å². The van der Waals surface area contributed by atoms with Gasteiger partial charge in [0.15, 0.2) is 42.5 Å². The van der Waals surface area contributed by atoms with Crippen LogP contribution in [0.4, 0.5) is 11.4 Å². The number of aromatic amines is 1. The lowest BCUT2D eigenvalue weighted by molar-refractivity contribution is -0.688. The second-order valence-corrected chi connectivity index (χ2v) is 47.8. The Balaban J connectivity index is 0.000000144. The number of phenolic OH excluding ortho intramolecular Hbond substituents is 2. The van der Waals surface area contributed by atoms with E-state index in [0.717, 1.165) is 179 Å². The van der Waals surface area contributed by atoms with Crippen molar-refractivity contribution in [1.29, 1.82) is 0 Å². The summed E-state index contributed by atoms with van der Waals surface area (Å²) in [5, 5.41) is 64.5. The van der Waals surface area contributed by atoms with Crippen molar-refractivity contribution in [2.24, 2.45) is 0 Å². The van der Waals surface area contributed by atoms with Gasteiger partial charge in [-0.1, -0.05) is 114 Å². The van der Waals surface area contributed by atoms with Gasteiger partial charge in [0.05, 0.1) is 118 Å². The van der Waals surface area contributed by atoms with Gasteiger partial charge in [0, 0.05) is 95.1 Å². The summed E-state index contributed by atoms with van der Waals surface area (Å²) < 4.78 is 43.4. The quantitative estimate of drug-likeness (QED) is 0.00987. The molecule has 139 heavy (non-hydrogen) atoms. The summed E-state index contributed by atoms with van der Waals surface area (Å²) in [5.41, 5.74) is 26.1. The van der Waals surface area contributed by atoms with E-state index in [1.807, 2.05) is 234 Å². The number of nitrogen functional groups attached to an aromatic ring is 1. The number of nitrogens with two attached hydrogens (primary N) is 1. The molecule has 0 spiro atoms. The summed E-state index contributed by atoms with van der Waals surface area (Å²) in [4.78, 5) is 44.0. The van der Waals surface area contributed by atoms with Crippen molar-refractivity contribution in [3.8, 4) is 103 Å². The number of benzene rings is 6. The maximum absolute atomic E-state index is 13.5. The molecular formula is C108H114N18O11Si2. The molecule has 0 radical (unpaired) electrons. The number of nitrogens with zero attached hydrogens (tertiary/aromatic N) is 15. The monoisotopic (exact) mass is 1890 g/mol. The first-order chi connectivity index (χ1) is 67.1. The molecule has 0 aliphatic heterocycles. The third-order valence-corrected chi connectivity index (χ3v) is 26.8. The number of aliphatic hydroxyl groups excluding tert-OH is 1. The molecule has 0 bridgehead atoms. The molecular weight excluding hydrogens is 1780 g/mol.